The van der Waals surface area contributed by atoms with Crippen LogP contribution in [0.4, 0.5) is 0 Å². The van der Waals surface area contributed by atoms with Crippen LogP contribution in [0.15, 0.2) is 0 Å². The summed E-state index contributed by atoms with van der Waals surface area (Å²) < 4.78 is 23.7. The minimum absolute atomic E-state index is 0.670. The molecule has 25 heavy (non-hydrogen) atoms. The van der Waals surface area contributed by atoms with Crippen molar-refractivity contribution in [1.82, 2.24) is 0 Å². The molecule has 1 aliphatic rings. The van der Waals surface area contributed by atoms with Crippen LogP contribution >= 0.6 is 15.9 Å². The van der Waals surface area contributed by atoms with E-state index in [4.69, 9.17) is 23.7 Å². The average Bonchev–Trinajstić information content (AvgIpc) is 2.43. The smallest absolute Gasteiger partial charge is 0.312 e. The fourth-order valence-electron chi connectivity index (χ4n) is 2.31. The van der Waals surface area contributed by atoms with Crippen LogP contribution in [0.3, 0.4) is 0 Å². The van der Waals surface area contributed by atoms with Gasteiger partial charge in [0, 0.05) is 27.7 Å². The summed E-state index contributed by atoms with van der Waals surface area (Å²) in [4.78, 5) is 45.7. The highest BCUT2D eigenvalue weighted by Crippen LogP contribution is 2.40. The van der Waals surface area contributed by atoms with Gasteiger partial charge in [-0.2, -0.15) is 0 Å². The van der Waals surface area contributed by atoms with Gasteiger partial charge in [0.15, 0.2) is 12.2 Å². The second kappa shape index (κ2) is 8.59. The fraction of sp³-hybridized carbons (Fsp3) is 0.714. The zero-order valence-corrected chi connectivity index (χ0v) is 15.6. The van der Waals surface area contributed by atoms with E-state index in [1.165, 1.54) is 0 Å². The molecule has 0 amide bonds. The second-order valence-corrected chi connectivity index (χ2v) is 6.30. The zero-order valence-electron chi connectivity index (χ0n) is 14.0. The van der Waals surface area contributed by atoms with Crippen molar-refractivity contribution in [2.45, 2.75) is 56.8 Å². The van der Waals surface area contributed by atoms with Crippen molar-refractivity contribution >= 4 is 39.8 Å². The van der Waals surface area contributed by atoms with Crippen molar-refractivity contribution < 1.29 is 48.0 Å². The zero-order chi connectivity index (χ0) is 19.4. The van der Waals surface area contributed by atoms with Gasteiger partial charge in [0.2, 0.25) is 6.10 Å². The van der Waals surface area contributed by atoms with Crippen LogP contribution in [0.25, 0.3) is 0 Å². The van der Waals surface area contributed by atoms with E-state index in [2.05, 4.69) is 15.9 Å². The number of alkyl halides is 1. The largest absolute Gasteiger partial charge is 0.456 e. The molecule has 0 aromatic carbocycles. The maximum absolute atomic E-state index is 11.5. The first kappa shape index (κ1) is 21.3. The molecule has 1 heterocycles. The molecule has 0 aliphatic carbocycles. The third kappa shape index (κ3) is 5.65. The van der Waals surface area contributed by atoms with Crippen LogP contribution in [0, 0.1) is 0 Å². The Morgan fingerprint density at radius 1 is 0.920 bits per heavy atom. The number of hydrogen-bond acceptors (Lipinski definition) is 10. The van der Waals surface area contributed by atoms with Gasteiger partial charge in [0.25, 0.3) is 0 Å². The van der Waals surface area contributed by atoms with E-state index in [9.17, 15) is 24.3 Å². The van der Waals surface area contributed by atoms with E-state index in [0.717, 1.165) is 27.7 Å². The lowest BCUT2D eigenvalue weighted by Crippen LogP contribution is -2.66. The van der Waals surface area contributed by atoms with Crippen molar-refractivity contribution in [2.24, 2.45) is 0 Å². The summed E-state index contributed by atoms with van der Waals surface area (Å²) in [5.74, 6) is -3.14. The minimum atomic E-state index is -2.06. The molecular weight excluding hydrogens is 408 g/mol. The fourth-order valence-corrected chi connectivity index (χ4v) is 3.13. The molecule has 0 spiro atoms. The molecule has 1 saturated heterocycles. The molecule has 5 atom stereocenters. The van der Waals surface area contributed by atoms with Crippen LogP contribution in [0.1, 0.15) is 27.7 Å². The third-order valence-electron chi connectivity index (χ3n) is 3.00. The number of halogens is 1. The predicted molar refractivity (Wildman–Crippen MR) is 82.0 cm³/mol. The number of hydrogen-bond donors (Lipinski definition) is 1. The van der Waals surface area contributed by atoms with Crippen molar-refractivity contribution in [3.05, 3.63) is 0 Å². The molecular formula is C14H19BrO10. The first-order chi connectivity index (χ1) is 11.5. The van der Waals surface area contributed by atoms with Gasteiger partial charge in [0.05, 0.1) is 6.61 Å². The third-order valence-corrected chi connectivity index (χ3v) is 3.80. The van der Waals surface area contributed by atoms with E-state index < -0.39 is 59.6 Å². The molecule has 1 aliphatic heterocycles. The van der Waals surface area contributed by atoms with Gasteiger partial charge in [-0.15, -0.1) is 0 Å². The lowest BCUT2D eigenvalue weighted by atomic mass is 9.98. The molecule has 11 heteroatoms. The number of carbonyl (C=O) groups excluding carboxylic acids is 4. The Labute approximate surface area is 151 Å². The SMILES string of the molecule is CC(=O)O[C@@H]1[C@H](OC(C)=O)[C@@H](OC(C)=O)[C@@](Br)(OC(C)=O)O[C@@H]1CO. The maximum Gasteiger partial charge on any atom is 0.312 e. The van der Waals surface area contributed by atoms with E-state index in [1.54, 1.807) is 0 Å². The van der Waals surface area contributed by atoms with Crippen LogP contribution in [0.2, 0.25) is 0 Å². The molecule has 142 valence electrons. The number of ether oxygens (including phenoxy) is 5. The highest BCUT2D eigenvalue weighted by molar-refractivity contribution is 9.10. The number of aliphatic hydroxyl groups is 1. The Hall–Kier alpha value is -1.72. The standard InChI is InChI=1S/C14H19BrO10/c1-6(17)21-11-10(5-16)25-14(15,24-9(4)20)13(23-8(3)19)12(11)22-7(2)18/h10-13,16H,5H2,1-4H3/t10-,11+,12+,13-,14-/m1/s1. The highest BCUT2D eigenvalue weighted by atomic mass is 79.9. The summed E-state index contributed by atoms with van der Waals surface area (Å²) in [5, 5.41) is 9.53. The molecule has 1 N–H and O–H groups in total. The van der Waals surface area contributed by atoms with Gasteiger partial charge in [-0.1, -0.05) is 0 Å². The van der Waals surface area contributed by atoms with Crippen LogP contribution in [0.5, 0.6) is 0 Å². The van der Waals surface area contributed by atoms with Gasteiger partial charge in [-0.3, -0.25) is 19.2 Å². The van der Waals surface area contributed by atoms with Gasteiger partial charge >= 0.3 is 28.6 Å². The van der Waals surface area contributed by atoms with Crippen molar-refractivity contribution in [1.29, 1.82) is 0 Å². The van der Waals surface area contributed by atoms with Crippen LogP contribution in [-0.2, 0) is 42.9 Å². The molecule has 0 aromatic heterocycles. The first-order valence-electron chi connectivity index (χ1n) is 7.19. The molecule has 1 rings (SSSR count). The monoisotopic (exact) mass is 426 g/mol. The molecule has 0 radical (unpaired) electrons. The Kier molecular flexibility index (Phi) is 7.32. The lowest BCUT2D eigenvalue weighted by molar-refractivity contribution is -0.312. The molecule has 0 bridgehead atoms. The predicted octanol–water partition coefficient (Wildman–Crippen LogP) is -0.216. The van der Waals surface area contributed by atoms with Crippen molar-refractivity contribution in [3.63, 3.8) is 0 Å². The highest BCUT2D eigenvalue weighted by Gasteiger charge is 2.61. The second-order valence-electron chi connectivity index (χ2n) is 5.19. The normalized spacial score (nSPS) is 31.6. The quantitative estimate of drug-likeness (QED) is 0.357. The Balaban J connectivity index is 3.38. The minimum Gasteiger partial charge on any atom is -0.456 e. The van der Waals surface area contributed by atoms with Gasteiger partial charge in [-0.05, 0) is 15.9 Å². The molecule has 1 fully saturated rings. The lowest BCUT2D eigenvalue weighted by Gasteiger charge is -2.47. The average molecular weight is 427 g/mol. The summed E-state index contributed by atoms with van der Waals surface area (Å²) in [7, 11) is 0. The summed E-state index contributed by atoms with van der Waals surface area (Å²) in [5.41, 5.74) is 0. The topological polar surface area (TPSA) is 135 Å². The number of esters is 4. The van der Waals surface area contributed by atoms with E-state index >= 15 is 0 Å². The van der Waals surface area contributed by atoms with Crippen LogP contribution < -0.4 is 0 Å². The van der Waals surface area contributed by atoms with Gasteiger partial charge in [0.1, 0.15) is 6.10 Å². The van der Waals surface area contributed by atoms with Gasteiger partial charge < -0.3 is 28.8 Å². The van der Waals surface area contributed by atoms with Crippen molar-refractivity contribution in [2.75, 3.05) is 6.61 Å². The van der Waals surface area contributed by atoms with E-state index in [0.29, 0.717) is 0 Å². The summed E-state index contributed by atoms with van der Waals surface area (Å²) in [6.07, 6.45) is -5.46. The van der Waals surface area contributed by atoms with Crippen molar-refractivity contribution in [3.8, 4) is 0 Å². The maximum atomic E-state index is 11.5. The first-order valence-corrected chi connectivity index (χ1v) is 7.98. The molecule has 0 aromatic rings. The molecule has 0 saturated carbocycles. The Bertz CT molecular complexity index is 550. The van der Waals surface area contributed by atoms with Crippen LogP contribution in [-0.4, -0.2) is 64.7 Å². The number of rotatable bonds is 5. The Morgan fingerprint density at radius 2 is 1.40 bits per heavy atom. The molecule has 10 nitrogen and oxygen atoms in total. The number of aliphatic hydroxyl groups excluding tert-OH is 1. The summed E-state index contributed by atoms with van der Waals surface area (Å²) in [6, 6.07) is 0. The Morgan fingerprint density at radius 3 is 1.80 bits per heavy atom. The number of carbonyl (C=O) groups is 4. The summed E-state index contributed by atoms with van der Waals surface area (Å²) >= 11 is 3.01. The van der Waals surface area contributed by atoms with E-state index in [1.807, 2.05) is 0 Å². The molecule has 0 unspecified atom stereocenters. The van der Waals surface area contributed by atoms with E-state index in [-0.39, 0.29) is 0 Å². The summed E-state index contributed by atoms with van der Waals surface area (Å²) in [6.45, 7) is 3.66. The van der Waals surface area contributed by atoms with Gasteiger partial charge in [-0.25, -0.2) is 0 Å².